The summed E-state index contributed by atoms with van der Waals surface area (Å²) in [6, 6.07) is 55.1. The number of nitrogens with two attached hydrogens (primary N) is 1. The molecule has 1 aromatic heterocycles. The number of aromatic nitrogens is 3. The van der Waals surface area contributed by atoms with Crippen LogP contribution in [0.5, 0.6) is 0 Å². The Morgan fingerprint density at radius 1 is 0.521 bits per heavy atom. The van der Waals surface area contributed by atoms with Gasteiger partial charge in [0.2, 0.25) is 0 Å². The van der Waals surface area contributed by atoms with Crippen LogP contribution >= 0.6 is 55.1 Å². The molecule has 0 unspecified atom stereocenters. The predicted molar refractivity (Wildman–Crippen MR) is 323 cm³/mol. The zero-order valence-electron chi connectivity index (χ0n) is 44.2. The molecular weight excluding hydrogens is 1070 g/mol. The van der Waals surface area contributed by atoms with E-state index in [2.05, 4.69) is 205 Å². The molecule has 1 heterocycles. The van der Waals surface area contributed by atoms with Gasteiger partial charge in [0.25, 0.3) is 0 Å². The SMILES string of the molecule is CC(C)c1cccc(C(C)C)c1N.CN(C)c1ccccc1.Cc1ccc(Br)cc1-c1nnc(-c2ccccc2)n1-c1c(C(C)C)cccc1C(C)C.Cc1ccc(Br)cc1/C(Cl)=N/N=C(\Cl)c1ccccc1. The summed E-state index contributed by atoms with van der Waals surface area (Å²) in [4.78, 5) is 2.08. The second-order valence-corrected chi connectivity index (χ2v) is 21.6. The van der Waals surface area contributed by atoms with Crippen LogP contribution in [0.15, 0.2) is 183 Å². The first-order chi connectivity index (χ1) is 34.8. The van der Waals surface area contributed by atoms with E-state index in [1.807, 2.05) is 93.8 Å². The van der Waals surface area contributed by atoms with Crippen LogP contribution in [-0.2, 0) is 0 Å². The predicted octanol–water partition coefficient (Wildman–Crippen LogP) is 18.5. The van der Waals surface area contributed by atoms with Crippen molar-refractivity contribution < 1.29 is 0 Å². The number of benzene rings is 7. The number of hydrogen-bond acceptors (Lipinski definition) is 6. The molecular formula is C62H69Br2Cl2N7. The quantitative estimate of drug-likeness (QED) is 0.0794. The van der Waals surface area contributed by atoms with E-state index in [9.17, 15) is 0 Å². The molecule has 0 bridgehead atoms. The van der Waals surface area contributed by atoms with Gasteiger partial charge in [0.1, 0.15) is 0 Å². The van der Waals surface area contributed by atoms with E-state index in [-0.39, 0.29) is 0 Å². The molecule has 0 atom stereocenters. The first kappa shape index (κ1) is 58.1. The van der Waals surface area contributed by atoms with Crippen LogP contribution in [0.25, 0.3) is 28.5 Å². The highest BCUT2D eigenvalue weighted by molar-refractivity contribution is 9.10. The Morgan fingerprint density at radius 2 is 0.959 bits per heavy atom. The summed E-state index contributed by atoms with van der Waals surface area (Å²) < 4.78 is 4.24. The van der Waals surface area contributed by atoms with Crippen molar-refractivity contribution >= 4 is 76.8 Å². The molecule has 0 saturated heterocycles. The maximum Gasteiger partial charge on any atom is 0.169 e. The van der Waals surface area contributed by atoms with Crippen molar-refractivity contribution in [3.05, 3.63) is 217 Å². The van der Waals surface area contributed by atoms with Gasteiger partial charge < -0.3 is 10.6 Å². The molecule has 380 valence electrons. The molecule has 0 aliphatic rings. The highest BCUT2D eigenvalue weighted by Crippen LogP contribution is 2.38. The van der Waals surface area contributed by atoms with Crippen LogP contribution < -0.4 is 10.6 Å². The van der Waals surface area contributed by atoms with Crippen LogP contribution in [0.3, 0.4) is 0 Å². The fourth-order valence-electron chi connectivity index (χ4n) is 7.98. The third-order valence-electron chi connectivity index (χ3n) is 12.1. The second-order valence-electron chi connectivity index (χ2n) is 19.1. The summed E-state index contributed by atoms with van der Waals surface area (Å²) >= 11 is 19.3. The maximum absolute atomic E-state index is 6.18. The zero-order chi connectivity index (χ0) is 53.4. The Labute approximate surface area is 461 Å². The third-order valence-corrected chi connectivity index (χ3v) is 13.6. The molecule has 8 aromatic rings. The molecule has 7 nitrogen and oxygen atoms in total. The van der Waals surface area contributed by atoms with Gasteiger partial charge in [0.05, 0.1) is 5.69 Å². The molecule has 0 radical (unpaired) electrons. The fourth-order valence-corrected chi connectivity index (χ4v) is 9.10. The Bertz CT molecular complexity index is 3020. The van der Waals surface area contributed by atoms with Crippen LogP contribution in [0.2, 0.25) is 0 Å². The van der Waals surface area contributed by atoms with Crippen molar-refractivity contribution in [2.75, 3.05) is 24.7 Å². The van der Waals surface area contributed by atoms with Gasteiger partial charge in [-0.1, -0.05) is 238 Å². The molecule has 0 amide bonds. The third kappa shape index (κ3) is 16.1. The molecule has 0 fully saturated rings. The highest BCUT2D eigenvalue weighted by Gasteiger charge is 2.24. The Morgan fingerprint density at radius 3 is 1.45 bits per heavy atom. The largest absolute Gasteiger partial charge is 0.398 e. The monoisotopic (exact) mass is 1140 g/mol. The fraction of sp³-hybridized carbons (Fsp3) is 0.258. The average Bonchev–Trinajstić information content (AvgIpc) is 3.82. The Kier molecular flexibility index (Phi) is 22.3. The molecule has 73 heavy (non-hydrogen) atoms. The number of nitrogen functional groups attached to an aromatic ring is 1. The minimum Gasteiger partial charge on any atom is -0.398 e. The van der Waals surface area contributed by atoms with Gasteiger partial charge in [-0.3, -0.25) is 4.57 Å². The van der Waals surface area contributed by atoms with Gasteiger partial charge in [-0.05, 0) is 107 Å². The number of aryl methyl sites for hydroxylation is 2. The van der Waals surface area contributed by atoms with Crippen molar-refractivity contribution in [2.45, 2.75) is 92.9 Å². The summed E-state index contributed by atoms with van der Waals surface area (Å²) in [7, 11) is 4.07. The summed E-state index contributed by atoms with van der Waals surface area (Å²) in [5.74, 6) is 3.50. The number of nitrogens with zero attached hydrogens (tertiary/aromatic N) is 6. The number of rotatable bonds is 11. The van der Waals surface area contributed by atoms with Crippen molar-refractivity contribution in [3.8, 4) is 28.5 Å². The van der Waals surface area contributed by atoms with E-state index in [1.165, 1.54) is 39.2 Å². The van der Waals surface area contributed by atoms with E-state index in [0.717, 1.165) is 54.1 Å². The molecule has 11 heteroatoms. The molecule has 0 aliphatic carbocycles. The number of halogens is 4. The van der Waals surface area contributed by atoms with Gasteiger partial charge in [-0.15, -0.1) is 20.4 Å². The van der Waals surface area contributed by atoms with Gasteiger partial charge in [0, 0.05) is 56.7 Å². The first-order valence-corrected chi connectivity index (χ1v) is 26.9. The summed E-state index contributed by atoms with van der Waals surface area (Å²) in [6.07, 6.45) is 0. The minimum atomic E-state index is 0.302. The van der Waals surface area contributed by atoms with Crippen molar-refractivity contribution in [1.29, 1.82) is 0 Å². The minimum absolute atomic E-state index is 0.302. The molecule has 0 spiro atoms. The number of para-hydroxylation sites is 3. The van der Waals surface area contributed by atoms with Crippen molar-refractivity contribution in [3.63, 3.8) is 0 Å². The smallest absolute Gasteiger partial charge is 0.169 e. The van der Waals surface area contributed by atoms with E-state index in [0.29, 0.717) is 34.0 Å². The van der Waals surface area contributed by atoms with Crippen molar-refractivity contribution in [2.24, 2.45) is 10.2 Å². The van der Waals surface area contributed by atoms with Crippen LogP contribution in [0, 0.1) is 13.8 Å². The van der Waals surface area contributed by atoms with Gasteiger partial charge in [-0.2, -0.15) is 0 Å². The van der Waals surface area contributed by atoms with E-state index < -0.39 is 0 Å². The first-order valence-electron chi connectivity index (χ1n) is 24.6. The Hall–Kier alpha value is -5.84. The molecule has 2 N–H and O–H groups in total. The molecule has 7 aromatic carbocycles. The van der Waals surface area contributed by atoms with Crippen LogP contribution in [0.1, 0.15) is 124 Å². The average molecular weight is 1140 g/mol. The molecule has 0 saturated carbocycles. The lowest BCUT2D eigenvalue weighted by molar-refractivity contribution is 0.807. The lowest BCUT2D eigenvalue weighted by Gasteiger charge is -2.23. The van der Waals surface area contributed by atoms with Gasteiger partial charge in [-0.25, -0.2) is 0 Å². The van der Waals surface area contributed by atoms with Gasteiger partial charge in [0.15, 0.2) is 22.0 Å². The lowest BCUT2D eigenvalue weighted by Crippen LogP contribution is -2.10. The maximum atomic E-state index is 6.18. The standard InChI is InChI=1S/C27H28BrN3.C15H11BrCl2N2.C12H19N.C8H11N/c1-17(2)22-12-9-13-23(18(3)4)25(22)31-26(20-10-7-6-8-11-20)29-30-27(31)24-16-21(28)15-14-19(24)5;1-10-7-8-12(16)9-13(10)15(18)20-19-14(17)11-5-3-2-4-6-11;1-8(2)10-6-5-7-11(9(3)4)12(10)13;1-9(2)8-6-4-3-5-7-8/h6-18H,1-5H3;2-9H,1H3;5-9H,13H2,1-4H3;3-7H,1-2H3/b;19-14-,20-15-;;. The van der Waals surface area contributed by atoms with Gasteiger partial charge >= 0.3 is 0 Å². The molecule has 0 aliphatic heterocycles. The van der Waals surface area contributed by atoms with E-state index in [1.54, 1.807) is 0 Å². The number of hydrogen-bond donors (Lipinski definition) is 1. The van der Waals surface area contributed by atoms with E-state index >= 15 is 0 Å². The highest BCUT2D eigenvalue weighted by atomic mass is 79.9. The number of anilines is 2. The second kappa shape index (κ2) is 28.0. The molecule has 8 rings (SSSR count). The summed E-state index contributed by atoms with van der Waals surface area (Å²) in [6.45, 7) is 21.8. The van der Waals surface area contributed by atoms with Crippen LogP contribution in [-0.4, -0.2) is 39.2 Å². The van der Waals surface area contributed by atoms with Crippen molar-refractivity contribution in [1.82, 2.24) is 14.8 Å². The zero-order valence-corrected chi connectivity index (χ0v) is 48.9. The van der Waals surface area contributed by atoms with Crippen LogP contribution in [0.4, 0.5) is 11.4 Å². The topological polar surface area (TPSA) is 84.7 Å². The van der Waals surface area contributed by atoms with E-state index in [4.69, 9.17) is 39.1 Å². The normalized spacial score (nSPS) is 11.5. The Balaban J connectivity index is 0.000000201. The summed E-state index contributed by atoms with van der Waals surface area (Å²) in [5.41, 5.74) is 20.6. The summed E-state index contributed by atoms with van der Waals surface area (Å²) in [5, 5.41) is 18.0. The lowest BCUT2D eigenvalue weighted by atomic mass is 9.92.